The molecule has 3 rings (SSSR count). The number of fused-ring (bicyclic) bond motifs is 1. The molecule has 152 valence electrons. The number of hydrogen-bond acceptors (Lipinski definition) is 3. The number of benzene rings is 1. The third-order valence-electron chi connectivity index (χ3n) is 4.04. The Hall–Kier alpha value is -2.61. The molecule has 3 N–H and O–H groups in total. The molecule has 1 atom stereocenters. The van der Waals surface area contributed by atoms with Crippen molar-refractivity contribution in [2.75, 3.05) is 0 Å². The number of aromatic hydroxyl groups is 1. The zero-order chi connectivity index (χ0) is 21.1. The molecular weight excluding hydrogens is 376 g/mol. The van der Waals surface area contributed by atoms with Gasteiger partial charge in [0.15, 0.2) is 6.10 Å². The fourth-order valence-corrected chi connectivity index (χ4v) is 2.58. The highest BCUT2D eigenvalue weighted by atomic mass is 19.4. The van der Waals surface area contributed by atoms with Gasteiger partial charge in [-0.1, -0.05) is 20.8 Å². The number of aliphatic hydroxyl groups is 1. The largest absolute Gasteiger partial charge is 0.508 e. The van der Waals surface area contributed by atoms with E-state index in [1.54, 1.807) is 18.3 Å². The lowest BCUT2D eigenvalue weighted by Gasteiger charge is -2.19. The maximum absolute atomic E-state index is 12.8. The average Bonchev–Trinajstić information content (AvgIpc) is 2.98. The summed E-state index contributed by atoms with van der Waals surface area (Å²) < 4.78 is 49.1. The molecule has 0 fully saturated rings. The first-order chi connectivity index (χ1) is 12.9. The molecule has 0 unspecified atom stereocenters. The Balaban J connectivity index is 0.000000209. The third kappa shape index (κ3) is 5.69. The molecule has 1 aromatic carbocycles. The summed E-state index contributed by atoms with van der Waals surface area (Å²) in [5.74, 6) is -0.151. The molecule has 0 saturated heterocycles. The van der Waals surface area contributed by atoms with E-state index >= 15 is 0 Å². The molecule has 0 amide bonds. The number of alkyl halides is 3. The van der Waals surface area contributed by atoms with E-state index in [-0.39, 0.29) is 17.0 Å². The van der Waals surface area contributed by atoms with Crippen molar-refractivity contribution in [1.82, 2.24) is 9.97 Å². The Morgan fingerprint density at radius 2 is 1.79 bits per heavy atom. The summed E-state index contributed by atoms with van der Waals surface area (Å²) in [6.07, 6.45) is -4.32. The number of nitrogens with one attached hydrogen (secondary N) is 1. The number of aromatic amines is 1. The Morgan fingerprint density at radius 3 is 2.32 bits per heavy atom. The van der Waals surface area contributed by atoms with Crippen LogP contribution in [0.4, 0.5) is 17.6 Å². The molecule has 0 radical (unpaired) electrons. The minimum Gasteiger partial charge on any atom is -0.508 e. The zero-order valence-corrected chi connectivity index (χ0v) is 15.7. The SMILES string of the molecule is CC(C)(C)c1cc(F)ccc1O.O[C@H](Cc1cc2ccncc2[nH]1)C(F)(F)F. The smallest absolute Gasteiger partial charge is 0.414 e. The second-order valence-electron chi connectivity index (χ2n) is 7.43. The molecule has 8 heteroatoms. The van der Waals surface area contributed by atoms with Crippen LogP contribution in [-0.4, -0.2) is 32.5 Å². The summed E-state index contributed by atoms with van der Waals surface area (Å²) in [6, 6.07) is 7.27. The van der Waals surface area contributed by atoms with Crippen LogP contribution < -0.4 is 0 Å². The van der Waals surface area contributed by atoms with E-state index in [1.807, 2.05) is 20.8 Å². The number of H-pyrrole nitrogens is 1. The summed E-state index contributed by atoms with van der Waals surface area (Å²) in [5.41, 5.74) is 1.42. The first-order valence-electron chi connectivity index (χ1n) is 8.53. The van der Waals surface area contributed by atoms with Gasteiger partial charge in [0.1, 0.15) is 11.6 Å². The molecule has 2 aromatic heterocycles. The molecule has 4 nitrogen and oxygen atoms in total. The van der Waals surface area contributed by atoms with Gasteiger partial charge in [-0.25, -0.2) is 4.39 Å². The lowest BCUT2D eigenvalue weighted by atomic mass is 9.86. The molecule has 0 aliphatic carbocycles. The summed E-state index contributed by atoms with van der Waals surface area (Å²) in [7, 11) is 0. The molecule has 2 heterocycles. The minimum atomic E-state index is -4.59. The van der Waals surface area contributed by atoms with Gasteiger partial charge in [0.25, 0.3) is 0 Å². The Labute approximate surface area is 159 Å². The Morgan fingerprint density at radius 1 is 1.11 bits per heavy atom. The van der Waals surface area contributed by atoms with Crippen molar-refractivity contribution in [3.8, 4) is 5.75 Å². The molecule has 0 aliphatic heterocycles. The van der Waals surface area contributed by atoms with Crippen molar-refractivity contribution >= 4 is 10.9 Å². The number of nitrogens with zero attached hydrogens (tertiary/aromatic N) is 1. The van der Waals surface area contributed by atoms with Gasteiger partial charge in [-0.15, -0.1) is 0 Å². The molecule has 0 aliphatic rings. The van der Waals surface area contributed by atoms with Crippen molar-refractivity contribution in [1.29, 1.82) is 0 Å². The van der Waals surface area contributed by atoms with Crippen LogP contribution in [0.3, 0.4) is 0 Å². The first kappa shape index (κ1) is 21.7. The lowest BCUT2D eigenvalue weighted by molar-refractivity contribution is -0.203. The molecule has 3 aromatic rings. The maximum atomic E-state index is 12.8. The maximum Gasteiger partial charge on any atom is 0.414 e. The van der Waals surface area contributed by atoms with Crippen LogP contribution in [0.2, 0.25) is 0 Å². The summed E-state index contributed by atoms with van der Waals surface area (Å²) in [5, 5.41) is 19.1. The van der Waals surface area contributed by atoms with Crippen molar-refractivity contribution in [2.45, 2.75) is 44.9 Å². The molecule has 28 heavy (non-hydrogen) atoms. The van der Waals surface area contributed by atoms with Crippen LogP contribution in [0.1, 0.15) is 32.0 Å². The fraction of sp³-hybridized carbons (Fsp3) is 0.350. The monoisotopic (exact) mass is 398 g/mol. The van der Waals surface area contributed by atoms with Gasteiger partial charge in [0.2, 0.25) is 0 Å². The van der Waals surface area contributed by atoms with Crippen LogP contribution in [0, 0.1) is 5.82 Å². The number of hydrogen-bond donors (Lipinski definition) is 3. The number of pyridine rings is 1. The van der Waals surface area contributed by atoms with E-state index in [9.17, 15) is 22.7 Å². The summed E-state index contributed by atoms with van der Waals surface area (Å²) >= 11 is 0. The number of phenols is 1. The highest BCUT2D eigenvalue weighted by molar-refractivity contribution is 5.79. The van der Waals surface area contributed by atoms with Crippen LogP contribution in [0.5, 0.6) is 5.75 Å². The van der Waals surface area contributed by atoms with Crippen molar-refractivity contribution in [2.24, 2.45) is 0 Å². The predicted molar refractivity (Wildman–Crippen MR) is 98.6 cm³/mol. The highest BCUT2D eigenvalue weighted by Crippen LogP contribution is 2.30. The Bertz CT molecular complexity index is 897. The average molecular weight is 398 g/mol. The van der Waals surface area contributed by atoms with Gasteiger partial charge >= 0.3 is 6.18 Å². The van der Waals surface area contributed by atoms with Crippen LogP contribution >= 0.6 is 0 Å². The molecular formula is C20H22F4N2O2. The van der Waals surface area contributed by atoms with E-state index in [2.05, 4.69) is 9.97 Å². The highest BCUT2D eigenvalue weighted by Gasteiger charge is 2.38. The van der Waals surface area contributed by atoms with Crippen molar-refractivity contribution in [3.05, 3.63) is 59.8 Å². The number of phenolic OH excluding ortho intramolecular Hbond substituents is 1. The van der Waals surface area contributed by atoms with E-state index in [4.69, 9.17) is 5.11 Å². The first-order valence-corrected chi connectivity index (χ1v) is 8.53. The normalized spacial score (nSPS) is 13.1. The van der Waals surface area contributed by atoms with E-state index in [1.165, 1.54) is 24.4 Å². The van der Waals surface area contributed by atoms with E-state index in [0.29, 0.717) is 16.8 Å². The van der Waals surface area contributed by atoms with Gasteiger partial charge in [-0.2, -0.15) is 13.2 Å². The molecule has 0 spiro atoms. The standard InChI is InChI=1S/C10H9F3N2O.C10H13FO/c11-10(12,13)9(16)4-7-3-6-1-2-14-5-8(6)15-7;1-10(2,3)8-6-7(11)4-5-9(8)12/h1-3,5,9,15-16H,4H2;4-6,12H,1-3H3/t9-;/m1./s1. The number of aromatic nitrogens is 2. The third-order valence-corrected chi connectivity index (χ3v) is 4.04. The van der Waals surface area contributed by atoms with Crippen LogP contribution in [-0.2, 0) is 11.8 Å². The van der Waals surface area contributed by atoms with Gasteiger partial charge < -0.3 is 15.2 Å². The van der Waals surface area contributed by atoms with Crippen molar-refractivity contribution < 1.29 is 27.8 Å². The number of aliphatic hydroxyl groups excluding tert-OH is 1. The van der Waals surface area contributed by atoms with E-state index in [0.717, 1.165) is 5.39 Å². The quantitative estimate of drug-likeness (QED) is 0.540. The molecule has 0 bridgehead atoms. The minimum absolute atomic E-state index is 0.156. The van der Waals surface area contributed by atoms with Gasteiger partial charge in [-0.3, -0.25) is 4.98 Å². The second-order valence-corrected chi connectivity index (χ2v) is 7.43. The molecule has 0 saturated carbocycles. The topological polar surface area (TPSA) is 69.1 Å². The van der Waals surface area contributed by atoms with Gasteiger partial charge in [0, 0.05) is 29.3 Å². The second kappa shape index (κ2) is 8.18. The number of rotatable bonds is 2. The van der Waals surface area contributed by atoms with Crippen LogP contribution in [0.15, 0.2) is 42.7 Å². The van der Waals surface area contributed by atoms with Gasteiger partial charge in [0.05, 0.1) is 11.7 Å². The van der Waals surface area contributed by atoms with Crippen LogP contribution in [0.25, 0.3) is 10.9 Å². The van der Waals surface area contributed by atoms with Crippen molar-refractivity contribution in [3.63, 3.8) is 0 Å². The zero-order valence-electron chi connectivity index (χ0n) is 15.7. The lowest BCUT2D eigenvalue weighted by Crippen LogP contribution is -2.30. The fourth-order valence-electron chi connectivity index (χ4n) is 2.58. The van der Waals surface area contributed by atoms with E-state index < -0.39 is 18.7 Å². The van der Waals surface area contributed by atoms with Gasteiger partial charge in [-0.05, 0) is 35.7 Å². The number of halogens is 4. The summed E-state index contributed by atoms with van der Waals surface area (Å²) in [4.78, 5) is 6.61. The Kier molecular flexibility index (Phi) is 6.34. The predicted octanol–water partition coefficient (Wildman–Crippen LogP) is 4.86. The summed E-state index contributed by atoms with van der Waals surface area (Å²) in [6.45, 7) is 5.80.